The van der Waals surface area contributed by atoms with Crippen molar-refractivity contribution in [2.45, 2.75) is 45.4 Å². The number of rotatable bonds is 9. The maximum atomic E-state index is 5.38. The molecule has 3 nitrogen and oxygen atoms in total. The summed E-state index contributed by atoms with van der Waals surface area (Å²) < 4.78 is 6.24. The Morgan fingerprint density at radius 2 is 1.83 bits per heavy atom. The summed E-state index contributed by atoms with van der Waals surface area (Å²) in [5.74, 6) is 0. The van der Waals surface area contributed by atoms with Gasteiger partial charge < -0.3 is 4.74 Å². The van der Waals surface area contributed by atoms with Crippen LogP contribution >= 0.6 is 15.9 Å². The zero-order valence-corrected chi connectivity index (χ0v) is 12.5. The van der Waals surface area contributed by atoms with Crippen molar-refractivity contribution in [1.82, 2.24) is 9.97 Å². The molecule has 0 bridgehead atoms. The molecule has 0 amide bonds. The third-order valence-electron chi connectivity index (χ3n) is 2.55. The van der Waals surface area contributed by atoms with Gasteiger partial charge in [0.15, 0.2) is 0 Å². The van der Waals surface area contributed by atoms with Crippen molar-refractivity contribution in [1.29, 1.82) is 0 Å². The van der Waals surface area contributed by atoms with E-state index >= 15 is 0 Å². The molecule has 0 spiro atoms. The molecule has 0 unspecified atom stereocenters. The number of nitrogens with zero attached hydrogens (tertiary/aromatic N) is 2. The number of allylic oxidation sites excluding steroid dienone is 1. The minimum absolute atomic E-state index is 0.422. The Labute approximate surface area is 118 Å². The first kappa shape index (κ1) is 15.2. The average Bonchev–Trinajstić information content (AvgIpc) is 2.39. The number of hydrogen-bond acceptors (Lipinski definition) is 3. The number of ether oxygens (including phenoxy) is 1. The van der Waals surface area contributed by atoms with Gasteiger partial charge in [-0.3, -0.25) is 0 Å². The smallest absolute Gasteiger partial charge is 0.316 e. The fraction of sp³-hybridized carbons (Fsp3) is 0.571. The molecule has 0 aromatic carbocycles. The van der Waals surface area contributed by atoms with E-state index in [4.69, 9.17) is 4.74 Å². The number of unbranched alkanes of at least 4 members (excludes halogenated alkanes) is 5. The fourth-order valence-corrected chi connectivity index (χ4v) is 1.75. The van der Waals surface area contributed by atoms with Crippen LogP contribution < -0.4 is 4.74 Å². The predicted octanol–water partition coefficient (Wildman–Crippen LogP) is 4.53. The molecule has 0 radical (unpaired) electrons. The van der Waals surface area contributed by atoms with E-state index in [-0.39, 0.29) is 0 Å². The molecule has 1 aromatic rings. The van der Waals surface area contributed by atoms with Crippen molar-refractivity contribution < 1.29 is 4.74 Å². The summed E-state index contributed by atoms with van der Waals surface area (Å²) in [6.07, 6.45) is 15.3. The van der Waals surface area contributed by atoms with E-state index < -0.39 is 0 Å². The number of hydrogen-bond donors (Lipinski definition) is 0. The maximum absolute atomic E-state index is 5.38. The summed E-state index contributed by atoms with van der Waals surface area (Å²) in [6.45, 7) is 2.78. The van der Waals surface area contributed by atoms with Crippen molar-refractivity contribution in [2.75, 3.05) is 6.61 Å². The third kappa shape index (κ3) is 7.43. The van der Waals surface area contributed by atoms with Crippen LogP contribution in [0.5, 0.6) is 6.01 Å². The molecule has 0 fully saturated rings. The Bertz CT molecular complexity index is 338. The highest BCUT2D eigenvalue weighted by Crippen LogP contribution is 2.08. The zero-order valence-electron chi connectivity index (χ0n) is 10.9. The Morgan fingerprint density at radius 1 is 1.11 bits per heavy atom. The molecule has 0 saturated heterocycles. The molecule has 0 aliphatic rings. The van der Waals surface area contributed by atoms with Crippen molar-refractivity contribution in [3.8, 4) is 6.01 Å². The molecular formula is C14H21BrN2O. The number of halogens is 1. The lowest BCUT2D eigenvalue weighted by atomic mass is 10.1. The van der Waals surface area contributed by atoms with Crippen LogP contribution in [-0.4, -0.2) is 16.6 Å². The number of aromatic nitrogens is 2. The van der Waals surface area contributed by atoms with Crippen molar-refractivity contribution in [3.63, 3.8) is 0 Å². The molecule has 0 atom stereocenters. The van der Waals surface area contributed by atoms with E-state index in [2.05, 4.69) is 38.9 Å². The monoisotopic (exact) mass is 312 g/mol. The van der Waals surface area contributed by atoms with Gasteiger partial charge in [-0.2, -0.15) is 0 Å². The van der Waals surface area contributed by atoms with E-state index in [1.807, 2.05) is 6.08 Å². The van der Waals surface area contributed by atoms with Crippen LogP contribution in [0.15, 0.2) is 29.0 Å². The molecule has 18 heavy (non-hydrogen) atoms. The molecule has 1 aromatic heterocycles. The van der Waals surface area contributed by atoms with Gasteiger partial charge in [0.05, 0.1) is 4.47 Å². The van der Waals surface area contributed by atoms with E-state index in [1.165, 1.54) is 32.1 Å². The molecule has 4 heteroatoms. The Balaban J connectivity index is 2.01. The minimum Gasteiger partial charge on any atom is -0.459 e. The van der Waals surface area contributed by atoms with Crippen LogP contribution in [0.25, 0.3) is 0 Å². The minimum atomic E-state index is 0.422. The molecule has 0 aliphatic heterocycles. The van der Waals surface area contributed by atoms with Gasteiger partial charge in [-0.15, -0.1) is 0 Å². The standard InChI is InChI=1S/C14H21BrN2O/c1-2-3-4-5-6-7-8-9-10-18-14-16-11-13(15)12-17-14/h8-9,11-12H,2-7,10H2,1H3. The van der Waals surface area contributed by atoms with Gasteiger partial charge >= 0.3 is 6.01 Å². The molecule has 100 valence electrons. The van der Waals surface area contributed by atoms with Crippen LogP contribution in [-0.2, 0) is 0 Å². The molecule has 0 N–H and O–H groups in total. The summed E-state index contributed by atoms with van der Waals surface area (Å²) >= 11 is 3.28. The topological polar surface area (TPSA) is 35.0 Å². The Morgan fingerprint density at radius 3 is 2.56 bits per heavy atom. The normalized spacial score (nSPS) is 11.0. The van der Waals surface area contributed by atoms with Crippen LogP contribution in [0, 0.1) is 0 Å². The second-order valence-electron chi connectivity index (χ2n) is 4.17. The SMILES string of the molecule is CCCCCCCC=CCOc1ncc(Br)cn1. The second kappa shape index (κ2) is 10.1. The first-order valence-electron chi connectivity index (χ1n) is 6.58. The summed E-state index contributed by atoms with van der Waals surface area (Å²) in [7, 11) is 0. The van der Waals surface area contributed by atoms with Crippen molar-refractivity contribution in [2.24, 2.45) is 0 Å². The highest BCUT2D eigenvalue weighted by Gasteiger charge is 1.94. The average molecular weight is 313 g/mol. The van der Waals surface area contributed by atoms with Gasteiger partial charge in [-0.25, -0.2) is 9.97 Å². The maximum Gasteiger partial charge on any atom is 0.316 e. The molecular weight excluding hydrogens is 292 g/mol. The highest BCUT2D eigenvalue weighted by molar-refractivity contribution is 9.10. The van der Waals surface area contributed by atoms with E-state index in [1.54, 1.807) is 12.4 Å². The van der Waals surface area contributed by atoms with Gasteiger partial charge in [0, 0.05) is 12.4 Å². The van der Waals surface area contributed by atoms with Crippen LogP contribution in [0.4, 0.5) is 0 Å². The molecule has 1 heterocycles. The zero-order chi connectivity index (χ0) is 13.1. The van der Waals surface area contributed by atoms with E-state index in [0.29, 0.717) is 12.6 Å². The van der Waals surface area contributed by atoms with Crippen molar-refractivity contribution in [3.05, 3.63) is 29.0 Å². The van der Waals surface area contributed by atoms with E-state index in [9.17, 15) is 0 Å². The van der Waals surface area contributed by atoms with E-state index in [0.717, 1.165) is 10.9 Å². The molecule has 0 aliphatic carbocycles. The molecule has 1 rings (SSSR count). The van der Waals surface area contributed by atoms with Gasteiger partial charge in [0.2, 0.25) is 0 Å². The van der Waals surface area contributed by atoms with Crippen LogP contribution in [0.2, 0.25) is 0 Å². The van der Waals surface area contributed by atoms with Crippen LogP contribution in [0.3, 0.4) is 0 Å². The van der Waals surface area contributed by atoms with Gasteiger partial charge in [-0.05, 0) is 28.8 Å². The lowest BCUT2D eigenvalue weighted by Crippen LogP contribution is -1.97. The predicted molar refractivity (Wildman–Crippen MR) is 77.7 cm³/mol. The van der Waals surface area contributed by atoms with Gasteiger partial charge in [0.25, 0.3) is 0 Å². The summed E-state index contributed by atoms with van der Waals surface area (Å²) in [6, 6.07) is 0.422. The summed E-state index contributed by atoms with van der Waals surface area (Å²) in [5, 5.41) is 0. The van der Waals surface area contributed by atoms with Crippen molar-refractivity contribution >= 4 is 15.9 Å². The summed E-state index contributed by atoms with van der Waals surface area (Å²) in [4.78, 5) is 8.06. The largest absolute Gasteiger partial charge is 0.459 e. The molecule has 0 saturated carbocycles. The Hall–Kier alpha value is -0.900. The Kier molecular flexibility index (Phi) is 8.47. The summed E-state index contributed by atoms with van der Waals surface area (Å²) in [5.41, 5.74) is 0. The van der Waals surface area contributed by atoms with Crippen LogP contribution in [0.1, 0.15) is 45.4 Å². The fourth-order valence-electron chi connectivity index (χ4n) is 1.55. The quantitative estimate of drug-likeness (QED) is 0.496. The lowest BCUT2D eigenvalue weighted by molar-refractivity contribution is 0.332. The third-order valence-corrected chi connectivity index (χ3v) is 2.96. The van der Waals surface area contributed by atoms with Gasteiger partial charge in [-0.1, -0.05) is 44.8 Å². The lowest BCUT2D eigenvalue weighted by Gasteiger charge is -2.00. The first-order valence-corrected chi connectivity index (χ1v) is 7.37. The highest BCUT2D eigenvalue weighted by atomic mass is 79.9. The van der Waals surface area contributed by atoms with Gasteiger partial charge in [0.1, 0.15) is 6.61 Å². The second-order valence-corrected chi connectivity index (χ2v) is 5.08. The first-order chi connectivity index (χ1) is 8.83.